The van der Waals surface area contributed by atoms with Crippen LogP contribution in [-0.4, -0.2) is 66.5 Å². The summed E-state index contributed by atoms with van der Waals surface area (Å²) in [4.78, 5) is 22.6. The van der Waals surface area contributed by atoms with Crippen molar-refractivity contribution in [2.75, 3.05) is 38.3 Å². The monoisotopic (exact) mass is 277 g/mol. The lowest BCUT2D eigenvalue weighted by Gasteiger charge is -2.27. The molecular weight excluding hydrogens is 258 g/mol. The first-order chi connectivity index (χ1) is 8.63. The average Bonchev–Trinajstić information content (AvgIpc) is 2.35. The second-order valence-corrected chi connectivity index (χ2v) is 4.84. The third-order valence-electron chi connectivity index (χ3n) is 2.48. The summed E-state index contributed by atoms with van der Waals surface area (Å²) in [5, 5.41) is 13.1. The highest BCUT2D eigenvalue weighted by Gasteiger charge is 2.20. The highest BCUT2D eigenvalue weighted by atomic mass is 32.2. The van der Waals surface area contributed by atoms with Gasteiger partial charge in [-0.15, -0.1) is 0 Å². The van der Waals surface area contributed by atoms with Crippen LogP contribution < -0.4 is 10.7 Å². The zero-order valence-corrected chi connectivity index (χ0v) is 11.2. The van der Waals surface area contributed by atoms with Crippen molar-refractivity contribution in [3.05, 3.63) is 0 Å². The minimum atomic E-state index is -1.01. The zero-order chi connectivity index (χ0) is 13.4. The number of carbonyl (C=O) groups is 2. The number of nitrogens with zero attached hydrogens (tertiary/aromatic N) is 1. The van der Waals surface area contributed by atoms with Gasteiger partial charge in [-0.3, -0.25) is 5.43 Å². The maximum atomic E-state index is 11.6. The summed E-state index contributed by atoms with van der Waals surface area (Å²) in [7, 11) is 0. The van der Waals surface area contributed by atoms with Crippen LogP contribution in [-0.2, 0) is 9.53 Å². The van der Waals surface area contributed by atoms with Gasteiger partial charge in [-0.05, 0) is 18.4 Å². The molecule has 0 aromatic carbocycles. The molecule has 0 aromatic rings. The molecule has 1 aliphatic heterocycles. The van der Waals surface area contributed by atoms with E-state index < -0.39 is 18.0 Å². The molecule has 3 N–H and O–H groups in total. The first-order valence-electron chi connectivity index (χ1n) is 5.75. The minimum absolute atomic E-state index is 0.410. The molecule has 1 rings (SSSR count). The third kappa shape index (κ3) is 5.56. The fourth-order valence-electron chi connectivity index (χ4n) is 1.50. The van der Waals surface area contributed by atoms with Gasteiger partial charge in [0.05, 0.1) is 13.2 Å². The topological polar surface area (TPSA) is 90.9 Å². The van der Waals surface area contributed by atoms with Crippen LogP contribution in [0, 0.1) is 0 Å². The van der Waals surface area contributed by atoms with Gasteiger partial charge in [0.15, 0.2) is 0 Å². The van der Waals surface area contributed by atoms with E-state index in [0.29, 0.717) is 38.5 Å². The van der Waals surface area contributed by atoms with E-state index in [2.05, 4.69) is 10.7 Å². The predicted molar refractivity (Wildman–Crippen MR) is 68.5 cm³/mol. The van der Waals surface area contributed by atoms with Crippen molar-refractivity contribution in [3.63, 3.8) is 0 Å². The first kappa shape index (κ1) is 15.1. The van der Waals surface area contributed by atoms with Gasteiger partial charge in [0.1, 0.15) is 6.04 Å². The molecule has 18 heavy (non-hydrogen) atoms. The molecule has 1 atom stereocenters. The molecule has 0 radical (unpaired) electrons. The molecule has 7 nitrogen and oxygen atoms in total. The molecule has 1 fully saturated rings. The Kier molecular flexibility index (Phi) is 6.84. The number of hydrazine groups is 1. The van der Waals surface area contributed by atoms with Crippen LogP contribution >= 0.6 is 11.8 Å². The fraction of sp³-hybridized carbons (Fsp3) is 0.800. The first-order valence-corrected chi connectivity index (χ1v) is 7.14. The zero-order valence-electron chi connectivity index (χ0n) is 10.3. The van der Waals surface area contributed by atoms with Crippen LogP contribution in [0.2, 0.25) is 0 Å². The summed E-state index contributed by atoms with van der Waals surface area (Å²) in [6.45, 7) is 2.34. The number of thioether (sulfide) groups is 1. The van der Waals surface area contributed by atoms with E-state index in [4.69, 9.17) is 9.84 Å². The molecule has 2 amide bonds. The van der Waals surface area contributed by atoms with Crippen molar-refractivity contribution in [1.29, 1.82) is 0 Å². The van der Waals surface area contributed by atoms with Crippen molar-refractivity contribution in [2.45, 2.75) is 12.5 Å². The molecule has 104 valence electrons. The molecule has 8 heteroatoms. The summed E-state index contributed by atoms with van der Waals surface area (Å²) in [6.07, 6.45) is 2.31. The molecule has 0 aromatic heterocycles. The number of carbonyl (C=O) groups excluding carboxylic acids is 1. The third-order valence-corrected chi connectivity index (χ3v) is 3.13. The van der Waals surface area contributed by atoms with E-state index in [1.807, 2.05) is 6.26 Å². The van der Waals surface area contributed by atoms with Crippen LogP contribution in [0.15, 0.2) is 0 Å². The number of carboxylic acids is 1. The van der Waals surface area contributed by atoms with Crippen molar-refractivity contribution in [2.24, 2.45) is 0 Å². The second-order valence-electron chi connectivity index (χ2n) is 3.86. The molecule has 0 aliphatic carbocycles. The number of ether oxygens (including phenoxy) is 1. The Balaban J connectivity index is 2.32. The Labute approximate surface area is 110 Å². The number of aliphatic carboxylic acids is 1. The quantitative estimate of drug-likeness (QED) is 0.619. The maximum Gasteiger partial charge on any atom is 0.330 e. The number of hydrogen-bond acceptors (Lipinski definition) is 5. The van der Waals surface area contributed by atoms with Gasteiger partial charge >= 0.3 is 12.0 Å². The Morgan fingerprint density at radius 2 is 2.11 bits per heavy atom. The molecule has 1 aliphatic rings. The van der Waals surface area contributed by atoms with Gasteiger partial charge in [0, 0.05) is 13.1 Å². The van der Waals surface area contributed by atoms with Crippen molar-refractivity contribution in [3.8, 4) is 0 Å². The van der Waals surface area contributed by atoms with Crippen molar-refractivity contribution < 1.29 is 19.4 Å². The second kappa shape index (κ2) is 8.17. The lowest BCUT2D eigenvalue weighted by molar-refractivity contribution is -0.139. The minimum Gasteiger partial charge on any atom is -0.480 e. The summed E-state index contributed by atoms with van der Waals surface area (Å²) in [6, 6.07) is -1.33. The maximum absolute atomic E-state index is 11.6. The highest BCUT2D eigenvalue weighted by Crippen LogP contribution is 2.01. The summed E-state index contributed by atoms with van der Waals surface area (Å²) in [5.41, 5.74) is 2.61. The van der Waals surface area contributed by atoms with Crippen LogP contribution in [0.4, 0.5) is 4.79 Å². The molecule has 0 bridgehead atoms. The highest BCUT2D eigenvalue weighted by molar-refractivity contribution is 7.98. The Morgan fingerprint density at radius 3 is 2.67 bits per heavy atom. The Hall–Kier alpha value is -0.990. The molecule has 0 saturated carbocycles. The van der Waals surface area contributed by atoms with Crippen LogP contribution in [0.3, 0.4) is 0 Å². The van der Waals surface area contributed by atoms with Crippen LogP contribution in [0.5, 0.6) is 0 Å². The van der Waals surface area contributed by atoms with E-state index in [1.54, 1.807) is 16.8 Å². The Bertz CT molecular complexity index is 284. The van der Waals surface area contributed by atoms with Crippen LogP contribution in [0.1, 0.15) is 6.42 Å². The number of carboxylic acid groups (broad SMARTS) is 1. The average molecular weight is 277 g/mol. The van der Waals surface area contributed by atoms with Gasteiger partial charge < -0.3 is 15.2 Å². The van der Waals surface area contributed by atoms with E-state index in [9.17, 15) is 9.59 Å². The van der Waals surface area contributed by atoms with E-state index in [-0.39, 0.29) is 0 Å². The molecule has 0 spiro atoms. The number of amides is 2. The van der Waals surface area contributed by atoms with Gasteiger partial charge in [-0.25, -0.2) is 14.6 Å². The van der Waals surface area contributed by atoms with Gasteiger partial charge in [0.25, 0.3) is 0 Å². The summed E-state index contributed by atoms with van der Waals surface area (Å²) in [5.74, 6) is -0.324. The van der Waals surface area contributed by atoms with E-state index in [0.717, 1.165) is 0 Å². The SMILES string of the molecule is CSCCC(NC(=O)NN1CCOCC1)C(=O)O. The smallest absolute Gasteiger partial charge is 0.330 e. The number of urea groups is 1. The fourth-order valence-corrected chi connectivity index (χ4v) is 1.97. The number of nitrogens with one attached hydrogen (secondary N) is 2. The summed E-state index contributed by atoms with van der Waals surface area (Å²) >= 11 is 1.55. The largest absolute Gasteiger partial charge is 0.480 e. The predicted octanol–water partition coefficient (Wildman–Crippen LogP) is -0.261. The number of rotatable bonds is 6. The molecular formula is C10H19N3O4S. The van der Waals surface area contributed by atoms with Gasteiger partial charge in [-0.1, -0.05) is 0 Å². The van der Waals surface area contributed by atoms with Crippen molar-refractivity contribution >= 4 is 23.8 Å². The summed E-state index contributed by atoms with van der Waals surface area (Å²) < 4.78 is 5.14. The lowest BCUT2D eigenvalue weighted by Crippen LogP contribution is -2.54. The van der Waals surface area contributed by atoms with Crippen molar-refractivity contribution in [1.82, 2.24) is 15.8 Å². The van der Waals surface area contributed by atoms with E-state index in [1.165, 1.54) is 0 Å². The lowest BCUT2D eigenvalue weighted by atomic mass is 10.2. The number of hydrogen-bond donors (Lipinski definition) is 3. The van der Waals surface area contributed by atoms with E-state index >= 15 is 0 Å². The van der Waals surface area contributed by atoms with Gasteiger partial charge in [-0.2, -0.15) is 11.8 Å². The normalized spacial score (nSPS) is 18.1. The Morgan fingerprint density at radius 1 is 1.44 bits per heavy atom. The van der Waals surface area contributed by atoms with Gasteiger partial charge in [0.2, 0.25) is 0 Å². The molecule has 1 saturated heterocycles. The molecule has 1 unspecified atom stereocenters. The molecule has 1 heterocycles. The standard InChI is InChI=1S/C10H19N3O4S/c1-18-7-2-8(9(14)15)11-10(16)12-13-3-5-17-6-4-13/h8H,2-7H2,1H3,(H,14,15)(H2,11,12,16). The number of morpholine rings is 1. The van der Waals surface area contributed by atoms with Crippen LogP contribution in [0.25, 0.3) is 0 Å².